The molecule has 4 atom stereocenters. The van der Waals surface area contributed by atoms with E-state index in [0.717, 1.165) is 0 Å². The predicted octanol–water partition coefficient (Wildman–Crippen LogP) is 0.649. The fraction of sp³-hybridized carbons (Fsp3) is 0.833. The van der Waals surface area contributed by atoms with Gasteiger partial charge in [-0.25, -0.2) is 21.6 Å². The average Bonchev–Trinajstić information content (AvgIpc) is 2.84. The lowest BCUT2D eigenvalue weighted by molar-refractivity contribution is -0.182. The van der Waals surface area contributed by atoms with Gasteiger partial charge in [-0.3, -0.25) is 4.79 Å². The number of sulfonamides is 2. The minimum Gasteiger partial charge on any atom is -0.454 e. The molecule has 0 heterocycles. The molecule has 0 amide bonds. The summed E-state index contributed by atoms with van der Waals surface area (Å²) in [5, 5.41) is -5.59. The van der Waals surface area contributed by atoms with Crippen LogP contribution in [0.25, 0.3) is 0 Å². The van der Waals surface area contributed by atoms with Crippen LogP contribution in [0.3, 0.4) is 0 Å². The van der Waals surface area contributed by atoms with Crippen LogP contribution in [0.5, 0.6) is 0 Å². The van der Waals surface area contributed by atoms with Gasteiger partial charge in [0.15, 0.2) is 0 Å². The van der Waals surface area contributed by atoms with Gasteiger partial charge in [-0.05, 0) is 31.6 Å². The summed E-state index contributed by atoms with van der Waals surface area (Å²) in [5.41, 5.74) is -7.70. The highest BCUT2D eigenvalue weighted by Crippen LogP contribution is 2.59. The molecule has 0 saturated heterocycles. The van der Waals surface area contributed by atoms with Crippen LogP contribution in [0.4, 0.5) is 22.0 Å². The summed E-state index contributed by atoms with van der Waals surface area (Å²) in [6.45, 7) is 0. The maximum atomic E-state index is 13.9. The van der Waals surface area contributed by atoms with E-state index in [0.29, 0.717) is 6.42 Å². The van der Waals surface area contributed by atoms with Crippen LogP contribution in [0.2, 0.25) is 0 Å². The van der Waals surface area contributed by atoms with Gasteiger partial charge in [0.05, 0.1) is 0 Å². The molecule has 4 aliphatic carbocycles. The lowest BCUT2D eigenvalue weighted by Crippen LogP contribution is -2.53. The molecule has 4 unspecified atom stereocenters. The van der Waals surface area contributed by atoms with Gasteiger partial charge in [0.1, 0.15) is 11.4 Å². The minimum atomic E-state index is -6.70. The number of rotatable bonds is 5. The van der Waals surface area contributed by atoms with Crippen molar-refractivity contribution in [2.24, 2.45) is 17.8 Å². The van der Waals surface area contributed by atoms with Gasteiger partial charge in [-0.15, -0.1) is 0 Å². The molecule has 154 valence electrons. The SMILES string of the molecule is O=C1C2CC3CC(OC(=O)C(F)(F)S(=O)(=O)NS(=O)(=O)C(F)(F)F)(C2)CC13. The van der Waals surface area contributed by atoms with E-state index in [4.69, 9.17) is 0 Å². The average molecular weight is 441 g/mol. The monoisotopic (exact) mass is 441 g/mol. The third-order valence-corrected chi connectivity index (χ3v) is 8.38. The van der Waals surface area contributed by atoms with E-state index < -0.39 is 54.2 Å². The van der Waals surface area contributed by atoms with Crippen molar-refractivity contribution in [2.45, 2.75) is 42.0 Å². The zero-order chi connectivity index (χ0) is 20.6. The van der Waals surface area contributed by atoms with Crippen molar-refractivity contribution in [1.82, 2.24) is 4.13 Å². The fourth-order valence-corrected chi connectivity index (χ4v) is 6.38. The number of nitrogens with one attached hydrogen (secondary N) is 1. The Labute approximate surface area is 149 Å². The number of alkyl halides is 5. The fourth-order valence-electron chi connectivity index (χ4n) is 4.17. The van der Waals surface area contributed by atoms with E-state index in [2.05, 4.69) is 4.74 Å². The molecule has 8 nitrogen and oxygen atoms in total. The molecule has 4 fully saturated rings. The van der Waals surface area contributed by atoms with Gasteiger partial charge in [0, 0.05) is 11.8 Å². The molecule has 4 saturated carbocycles. The highest BCUT2D eigenvalue weighted by atomic mass is 32.3. The van der Waals surface area contributed by atoms with Crippen LogP contribution < -0.4 is 4.13 Å². The number of ketones is 1. The van der Waals surface area contributed by atoms with Crippen LogP contribution in [-0.4, -0.2) is 45.0 Å². The highest BCUT2D eigenvalue weighted by molar-refractivity contribution is 8.05. The van der Waals surface area contributed by atoms with Gasteiger partial charge < -0.3 is 4.74 Å². The first-order valence-corrected chi connectivity index (χ1v) is 10.5. The molecule has 15 heteroatoms. The Balaban J connectivity index is 1.79. The number of halogens is 5. The molecule has 4 bridgehead atoms. The number of carbonyl (C=O) groups excluding carboxylic acids is 2. The van der Waals surface area contributed by atoms with Gasteiger partial charge in [-0.2, -0.15) is 22.0 Å². The van der Waals surface area contributed by atoms with E-state index in [-0.39, 0.29) is 35.1 Å². The summed E-state index contributed by atoms with van der Waals surface area (Å²) < 4.78 is 113. The first kappa shape index (κ1) is 20.4. The maximum Gasteiger partial charge on any atom is 0.512 e. The molecule has 4 rings (SSSR count). The number of ether oxygens (including phenoxy) is 1. The van der Waals surface area contributed by atoms with Crippen molar-refractivity contribution in [3.05, 3.63) is 0 Å². The Bertz CT molecular complexity index is 909. The van der Waals surface area contributed by atoms with Gasteiger partial charge in [-0.1, -0.05) is 4.13 Å². The summed E-state index contributed by atoms with van der Waals surface area (Å²) in [6, 6.07) is 0. The molecule has 0 aliphatic heterocycles. The Hall–Kier alpha value is -1.35. The number of esters is 1. The normalized spacial score (nSPS) is 33.5. The molecule has 0 aromatic heterocycles. The third kappa shape index (κ3) is 3.03. The van der Waals surface area contributed by atoms with Crippen molar-refractivity contribution in [3.63, 3.8) is 0 Å². The minimum absolute atomic E-state index is 0.0516. The van der Waals surface area contributed by atoms with Gasteiger partial charge >= 0.3 is 36.8 Å². The topological polar surface area (TPSA) is 124 Å². The number of hydrogen-bond acceptors (Lipinski definition) is 7. The largest absolute Gasteiger partial charge is 0.512 e. The third-order valence-electron chi connectivity index (χ3n) is 5.18. The molecular weight excluding hydrogens is 429 g/mol. The summed E-state index contributed by atoms with van der Waals surface area (Å²) in [5.74, 6) is -3.98. The first-order chi connectivity index (χ1) is 12.0. The molecule has 0 aromatic carbocycles. The van der Waals surface area contributed by atoms with Crippen molar-refractivity contribution in [3.8, 4) is 0 Å². The molecule has 4 aliphatic rings. The quantitative estimate of drug-likeness (QED) is 0.491. The van der Waals surface area contributed by atoms with Crippen molar-refractivity contribution >= 4 is 31.8 Å². The van der Waals surface area contributed by atoms with Crippen LogP contribution in [0.1, 0.15) is 25.7 Å². The molecular formula is C12H12F5NO7S2. The zero-order valence-electron chi connectivity index (χ0n) is 13.1. The van der Waals surface area contributed by atoms with Crippen LogP contribution in [0, 0.1) is 17.8 Å². The Morgan fingerprint density at radius 2 is 1.63 bits per heavy atom. The van der Waals surface area contributed by atoms with E-state index >= 15 is 0 Å². The zero-order valence-corrected chi connectivity index (χ0v) is 14.8. The molecule has 0 spiro atoms. The molecule has 0 radical (unpaired) electrons. The summed E-state index contributed by atoms with van der Waals surface area (Å²) >= 11 is 0. The van der Waals surface area contributed by atoms with Crippen molar-refractivity contribution in [1.29, 1.82) is 0 Å². The standard InChI is InChI=1S/C12H12F5NO7S2/c13-11(14,26(21,22)18-27(23,24)12(15,16)17)9(20)25-10-2-5-1-6(3-10)8(19)7(5)4-10/h5-7,18H,1-4H2. The van der Waals surface area contributed by atoms with Gasteiger partial charge in [0.25, 0.3) is 0 Å². The number of hydrogen-bond donors (Lipinski definition) is 1. The van der Waals surface area contributed by atoms with E-state index in [1.807, 2.05) is 0 Å². The van der Waals surface area contributed by atoms with E-state index in [9.17, 15) is 48.4 Å². The van der Waals surface area contributed by atoms with Crippen molar-refractivity contribution < 1.29 is 53.1 Å². The Morgan fingerprint density at radius 3 is 2.11 bits per heavy atom. The second kappa shape index (κ2) is 5.59. The molecule has 0 aromatic rings. The number of Topliss-reactive ketones (excluding diaryl/α,β-unsaturated/α-hetero) is 1. The lowest BCUT2D eigenvalue weighted by atomic mass is 9.77. The van der Waals surface area contributed by atoms with Crippen LogP contribution in [-0.2, 0) is 34.4 Å². The second-order valence-corrected chi connectivity index (χ2v) is 10.6. The number of carbonyl (C=O) groups is 2. The Kier molecular flexibility index (Phi) is 4.22. The summed E-state index contributed by atoms with van der Waals surface area (Å²) in [4.78, 5) is 23.6. The van der Waals surface area contributed by atoms with E-state index in [1.165, 1.54) is 0 Å². The first-order valence-electron chi connectivity index (χ1n) is 7.51. The van der Waals surface area contributed by atoms with Crippen LogP contribution >= 0.6 is 0 Å². The summed E-state index contributed by atoms with van der Waals surface area (Å²) in [6.07, 6.45) is 0.386. The molecule has 27 heavy (non-hydrogen) atoms. The smallest absolute Gasteiger partial charge is 0.454 e. The lowest BCUT2D eigenvalue weighted by Gasteiger charge is -2.37. The highest BCUT2D eigenvalue weighted by Gasteiger charge is 2.66. The predicted molar refractivity (Wildman–Crippen MR) is 74.7 cm³/mol. The maximum absolute atomic E-state index is 13.9. The Morgan fingerprint density at radius 1 is 1.04 bits per heavy atom. The summed E-state index contributed by atoms with van der Waals surface area (Å²) in [7, 11) is -13.3. The van der Waals surface area contributed by atoms with Gasteiger partial charge in [0.2, 0.25) is 0 Å². The molecule has 1 N–H and O–H groups in total. The second-order valence-electron chi connectivity index (χ2n) is 6.94. The van der Waals surface area contributed by atoms with Crippen LogP contribution in [0.15, 0.2) is 0 Å². The van der Waals surface area contributed by atoms with E-state index in [1.54, 1.807) is 0 Å². The van der Waals surface area contributed by atoms with Crippen molar-refractivity contribution in [2.75, 3.05) is 0 Å².